The molecule has 0 fully saturated rings. The lowest BCUT2D eigenvalue weighted by molar-refractivity contribution is -0.137. The van der Waals surface area contributed by atoms with E-state index in [0.29, 0.717) is 17.0 Å². The summed E-state index contributed by atoms with van der Waals surface area (Å²) in [6.07, 6.45) is -3.91. The summed E-state index contributed by atoms with van der Waals surface area (Å²) in [6.45, 7) is 0. The monoisotopic (exact) mass is 412 g/mol. The lowest BCUT2D eigenvalue weighted by atomic mass is 9.98. The van der Waals surface area contributed by atoms with Crippen LogP contribution in [0.2, 0.25) is 5.02 Å². The van der Waals surface area contributed by atoms with Gasteiger partial charge in [-0.05, 0) is 41.8 Å². The van der Waals surface area contributed by atoms with E-state index >= 15 is 0 Å². The van der Waals surface area contributed by atoms with E-state index < -0.39 is 11.7 Å². The molecule has 0 spiro atoms. The van der Waals surface area contributed by atoms with Crippen molar-refractivity contribution in [1.29, 1.82) is 5.26 Å². The van der Waals surface area contributed by atoms with E-state index in [2.05, 4.69) is 4.99 Å². The van der Waals surface area contributed by atoms with Crippen molar-refractivity contribution < 1.29 is 13.2 Å². The van der Waals surface area contributed by atoms with Crippen LogP contribution in [0, 0.1) is 11.3 Å². The zero-order valence-corrected chi connectivity index (χ0v) is 16.0. The van der Waals surface area contributed by atoms with Crippen molar-refractivity contribution in [3.05, 3.63) is 106 Å². The number of halogens is 4. The van der Waals surface area contributed by atoms with Crippen molar-refractivity contribution >= 4 is 17.3 Å². The molecule has 0 aliphatic heterocycles. The number of rotatable bonds is 5. The molecule has 3 aromatic rings. The van der Waals surface area contributed by atoms with E-state index in [4.69, 9.17) is 11.6 Å². The predicted octanol–water partition coefficient (Wildman–Crippen LogP) is 6.66. The highest BCUT2D eigenvalue weighted by Gasteiger charge is 2.30. The molecule has 3 rings (SSSR count). The normalized spacial score (nSPS) is 13.0. The SMILES string of the molecule is N#CC(=N[C@H](Cc1ccc(Cl)cc1)c1ccccc1)c1ccc(C(F)(F)F)cc1. The van der Waals surface area contributed by atoms with Crippen LogP contribution in [0.1, 0.15) is 28.3 Å². The third-order valence-electron chi connectivity index (χ3n) is 4.40. The number of aliphatic imine (C=N–C) groups is 1. The van der Waals surface area contributed by atoms with E-state index in [1.54, 1.807) is 12.1 Å². The Morgan fingerprint density at radius 2 is 1.55 bits per heavy atom. The number of hydrogen-bond donors (Lipinski definition) is 0. The first-order valence-electron chi connectivity index (χ1n) is 8.82. The topological polar surface area (TPSA) is 36.1 Å². The lowest BCUT2D eigenvalue weighted by Crippen LogP contribution is -2.08. The molecule has 0 heterocycles. The number of alkyl halides is 3. The van der Waals surface area contributed by atoms with Gasteiger partial charge in [-0.3, -0.25) is 4.99 Å². The number of hydrogen-bond acceptors (Lipinski definition) is 2. The van der Waals surface area contributed by atoms with E-state index in [0.717, 1.165) is 23.3 Å². The first kappa shape index (κ1) is 20.6. The Labute approximate surface area is 171 Å². The molecule has 1 atom stereocenters. The summed E-state index contributed by atoms with van der Waals surface area (Å²) in [4.78, 5) is 4.59. The minimum atomic E-state index is -4.43. The highest BCUT2D eigenvalue weighted by atomic mass is 35.5. The van der Waals surface area contributed by atoms with Crippen molar-refractivity contribution in [2.24, 2.45) is 4.99 Å². The predicted molar refractivity (Wildman–Crippen MR) is 108 cm³/mol. The highest BCUT2D eigenvalue weighted by molar-refractivity contribution is 6.30. The number of nitriles is 1. The van der Waals surface area contributed by atoms with E-state index in [1.807, 2.05) is 48.5 Å². The minimum Gasteiger partial charge on any atom is -0.265 e. The average Bonchev–Trinajstić information content (AvgIpc) is 2.72. The first-order chi connectivity index (χ1) is 13.9. The van der Waals surface area contributed by atoms with E-state index in [1.165, 1.54) is 12.1 Å². The lowest BCUT2D eigenvalue weighted by Gasteiger charge is -2.15. The summed E-state index contributed by atoms with van der Waals surface area (Å²) >= 11 is 5.95. The zero-order valence-electron chi connectivity index (χ0n) is 15.2. The van der Waals surface area contributed by atoms with E-state index in [-0.39, 0.29) is 11.8 Å². The maximum absolute atomic E-state index is 12.8. The van der Waals surface area contributed by atoms with Gasteiger partial charge in [0.2, 0.25) is 0 Å². The highest BCUT2D eigenvalue weighted by Crippen LogP contribution is 2.30. The van der Waals surface area contributed by atoms with Crippen LogP contribution < -0.4 is 0 Å². The maximum Gasteiger partial charge on any atom is 0.416 e. The molecule has 0 N–H and O–H groups in total. The maximum atomic E-state index is 12.8. The third-order valence-corrected chi connectivity index (χ3v) is 4.66. The van der Waals surface area contributed by atoms with Gasteiger partial charge >= 0.3 is 6.18 Å². The molecular formula is C23H16ClF3N2. The van der Waals surface area contributed by atoms with Gasteiger partial charge in [-0.25, -0.2) is 0 Å². The molecule has 146 valence electrons. The van der Waals surface area contributed by atoms with Crippen LogP contribution in [0.5, 0.6) is 0 Å². The van der Waals surface area contributed by atoms with Crippen molar-refractivity contribution in [2.45, 2.75) is 18.6 Å². The van der Waals surface area contributed by atoms with Gasteiger partial charge in [0.1, 0.15) is 11.8 Å². The molecule has 29 heavy (non-hydrogen) atoms. The molecule has 0 aliphatic carbocycles. The van der Waals surface area contributed by atoms with Crippen LogP contribution >= 0.6 is 11.6 Å². The second-order valence-electron chi connectivity index (χ2n) is 6.42. The molecule has 6 heteroatoms. The molecule has 0 aliphatic rings. The first-order valence-corrected chi connectivity index (χ1v) is 9.19. The smallest absolute Gasteiger partial charge is 0.265 e. The fourth-order valence-corrected chi connectivity index (χ4v) is 3.02. The van der Waals surface area contributed by atoms with Crippen LogP contribution in [0.25, 0.3) is 0 Å². The largest absolute Gasteiger partial charge is 0.416 e. The van der Waals surface area contributed by atoms with Gasteiger partial charge in [0, 0.05) is 10.6 Å². The molecule has 0 saturated heterocycles. The molecule has 2 nitrogen and oxygen atoms in total. The molecule has 0 saturated carbocycles. The Morgan fingerprint density at radius 3 is 2.10 bits per heavy atom. The summed E-state index contributed by atoms with van der Waals surface area (Å²) in [7, 11) is 0. The summed E-state index contributed by atoms with van der Waals surface area (Å²) in [5.74, 6) is 0. The number of benzene rings is 3. The van der Waals surface area contributed by atoms with Gasteiger partial charge in [-0.1, -0.05) is 66.2 Å². The zero-order chi connectivity index (χ0) is 20.9. The molecule has 0 unspecified atom stereocenters. The van der Waals surface area contributed by atoms with Crippen LogP contribution in [0.15, 0.2) is 83.9 Å². The van der Waals surface area contributed by atoms with Gasteiger partial charge in [-0.15, -0.1) is 0 Å². The summed E-state index contributed by atoms with van der Waals surface area (Å²) in [6, 6.07) is 22.9. The molecule has 3 aromatic carbocycles. The fourth-order valence-electron chi connectivity index (χ4n) is 2.90. The summed E-state index contributed by atoms with van der Waals surface area (Å²) in [5, 5.41) is 10.2. The van der Waals surface area contributed by atoms with Gasteiger partial charge < -0.3 is 0 Å². The van der Waals surface area contributed by atoms with Gasteiger partial charge in [0.15, 0.2) is 0 Å². The number of nitrogens with zero attached hydrogens (tertiary/aromatic N) is 2. The second kappa shape index (κ2) is 8.93. The summed E-state index contributed by atoms with van der Waals surface area (Å²) in [5.41, 5.74) is 1.55. The van der Waals surface area contributed by atoms with Crippen molar-refractivity contribution in [3.63, 3.8) is 0 Å². The molecule has 0 aromatic heterocycles. The van der Waals surface area contributed by atoms with Crippen LogP contribution in [-0.4, -0.2) is 5.71 Å². The molecule has 0 radical (unpaired) electrons. The van der Waals surface area contributed by atoms with Gasteiger partial charge in [0.25, 0.3) is 0 Å². The van der Waals surface area contributed by atoms with Crippen molar-refractivity contribution in [1.82, 2.24) is 0 Å². The quantitative estimate of drug-likeness (QED) is 0.432. The van der Waals surface area contributed by atoms with Gasteiger partial charge in [-0.2, -0.15) is 18.4 Å². The van der Waals surface area contributed by atoms with Crippen molar-refractivity contribution in [3.8, 4) is 6.07 Å². The molecular weight excluding hydrogens is 397 g/mol. The fraction of sp³-hybridized carbons (Fsp3) is 0.130. The Morgan fingerprint density at radius 1 is 0.931 bits per heavy atom. The standard InChI is InChI=1S/C23H16ClF3N2/c24-20-12-6-16(7-13-20)14-21(17-4-2-1-3-5-17)29-22(15-28)18-8-10-19(11-9-18)23(25,26)27/h1-13,21H,14H2/t21-/m1/s1. The molecule has 0 amide bonds. The van der Waals surface area contributed by atoms with Crippen LogP contribution in [0.3, 0.4) is 0 Å². The third kappa shape index (κ3) is 5.46. The Bertz CT molecular complexity index is 1020. The Hall–Kier alpha value is -3.10. The van der Waals surface area contributed by atoms with Crippen molar-refractivity contribution in [2.75, 3.05) is 0 Å². The van der Waals surface area contributed by atoms with E-state index in [9.17, 15) is 18.4 Å². The van der Waals surface area contributed by atoms with Gasteiger partial charge in [0.05, 0.1) is 11.6 Å². The summed E-state index contributed by atoms with van der Waals surface area (Å²) < 4.78 is 38.4. The minimum absolute atomic E-state index is 0.0848. The average molecular weight is 413 g/mol. The molecule has 0 bridgehead atoms. The van der Waals surface area contributed by atoms with Crippen LogP contribution in [0.4, 0.5) is 13.2 Å². The Balaban J connectivity index is 1.96. The van der Waals surface area contributed by atoms with Crippen LogP contribution in [-0.2, 0) is 12.6 Å². The second-order valence-corrected chi connectivity index (χ2v) is 6.86. The Kier molecular flexibility index (Phi) is 6.36.